The Bertz CT molecular complexity index is 1000. The molecule has 0 spiro atoms. The fraction of sp³-hybridized carbons (Fsp3) is 0.444. The normalized spacial score (nSPS) is 15.3. The van der Waals surface area contributed by atoms with Crippen LogP contribution in [0.3, 0.4) is 0 Å². The van der Waals surface area contributed by atoms with E-state index in [9.17, 15) is 0 Å². The zero-order chi connectivity index (χ0) is 22.2. The predicted molar refractivity (Wildman–Crippen MR) is 132 cm³/mol. The van der Waals surface area contributed by atoms with Gasteiger partial charge in [0.1, 0.15) is 11.6 Å². The third-order valence-corrected chi connectivity index (χ3v) is 6.32. The van der Waals surface area contributed by atoms with Gasteiger partial charge in [0.2, 0.25) is 0 Å². The molecule has 1 aromatic heterocycles. The first-order chi connectivity index (χ1) is 15.7. The van der Waals surface area contributed by atoms with Crippen molar-refractivity contribution in [3.05, 3.63) is 72.6 Å². The van der Waals surface area contributed by atoms with E-state index in [4.69, 9.17) is 9.72 Å². The molecule has 0 atom stereocenters. The molecule has 1 fully saturated rings. The third kappa shape index (κ3) is 5.78. The average molecular weight is 433 g/mol. The van der Waals surface area contributed by atoms with Crippen molar-refractivity contribution >= 4 is 11.0 Å². The first-order valence-electron chi connectivity index (χ1n) is 11.9. The molecule has 2 aromatic carbocycles. The summed E-state index contributed by atoms with van der Waals surface area (Å²) in [6.45, 7) is 11.3. The molecular weight excluding hydrogens is 396 g/mol. The van der Waals surface area contributed by atoms with Crippen molar-refractivity contribution in [2.75, 3.05) is 46.4 Å². The van der Waals surface area contributed by atoms with Crippen LogP contribution in [0.1, 0.15) is 24.2 Å². The van der Waals surface area contributed by atoms with E-state index in [1.807, 2.05) is 12.1 Å². The number of allylic oxidation sites excluding steroid dienone is 1. The molecule has 4 rings (SSSR count). The van der Waals surface area contributed by atoms with Crippen molar-refractivity contribution in [1.29, 1.82) is 0 Å². The fourth-order valence-corrected chi connectivity index (χ4v) is 4.47. The molecule has 5 heteroatoms. The van der Waals surface area contributed by atoms with Gasteiger partial charge >= 0.3 is 0 Å². The van der Waals surface area contributed by atoms with E-state index in [2.05, 4.69) is 70.5 Å². The second-order valence-electron chi connectivity index (χ2n) is 8.72. The maximum Gasteiger partial charge on any atom is 0.122 e. The fourth-order valence-electron chi connectivity index (χ4n) is 4.47. The summed E-state index contributed by atoms with van der Waals surface area (Å²) in [6, 6.07) is 16.7. The monoisotopic (exact) mass is 432 g/mol. The quantitative estimate of drug-likeness (QED) is 0.332. The summed E-state index contributed by atoms with van der Waals surface area (Å²) in [7, 11) is 2.21. The number of piperazine rings is 1. The minimum atomic E-state index is 0.696. The average Bonchev–Trinajstić information content (AvgIpc) is 3.16. The second-order valence-corrected chi connectivity index (χ2v) is 8.72. The molecule has 5 nitrogen and oxygen atoms in total. The highest BCUT2D eigenvalue weighted by atomic mass is 16.5. The number of ether oxygens (including phenoxy) is 1. The van der Waals surface area contributed by atoms with Crippen LogP contribution in [0.4, 0.5) is 0 Å². The van der Waals surface area contributed by atoms with E-state index in [0.717, 1.165) is 50.0 Å². The molecule has 0 saturated carbocycles. The van der Waals surface area contributed by atoms with Gasteiger partial charge in [-0.3, -0.25) is 0 Å². The summed E-state index contributed by atoms with van der Waals surface area (Å²) in [5, 5.41) is 0. The summed E-state index contributed by atoms with van der Waals surface area (Å²) in [5.41, 5.74) is 3.52. The number of hydrogen-bond acceptors (Lipinski definition) is 4. The zero-order valence-corrected chi connectivity index (χ0v) is 19.4. The molecule has 1 aliphatic rings. The van der Waals surface area contributed by atoms with Crippen molar-refractivity contribution in [1.82, 2.24) is 19.4 Å². The van der Waals surface area contributed by atoms with Gasteiger partial charge < -0.3 is 19.1 Å². The standard InChI is InChI=1S/C27H36N4O/c1-3-10-23-11-4-7-14-26(23)32-22-9-17-31-25-13-6-5-12-24(25)28-27(31)15-8-16-30-20-18-29(2)19-21-30/h3-7,11-14H,1,8-10,15-22H2,2H3. The Labute approximate surface area is 192 Å². The van der Waals surface area contributed by atoms with Crippen molar-refractivity contribution < 1.29 is 4.74 Å². The van der Waals surface area contributed by atoms with Crippen molar-refractivity contribution in [2.45, 2.75) is 32.2 Å². The van der Waals surface area contributed by atoms with Crippen molar-refractivity contribution in [3.8, 4) is 5.75 Å². The summed E-state index contributed by atoms with van der Waals surface area (Å²) in [6.07, 6.45) is 5.88. The Hall–Kier alpha value is -2.63. The Morgan fingerprint density at radius 2 is 1.75 bits per heavy atom. The summed E-state index contributed by atoms with van der Waals surface area (Å²) < 4.78 is 8.52. The minimum Gasteiger partial charge on any atom is -0.493 e. The maximum absolute atomic E-state index is 6.12. The summed E-state index contributed by atoms with van der Waals surface area (Å²) in [4.78, 5) is 9.96. The lowest BCUT2D eigenvalue weighted by molar-refractivity contribution is 0.152. The van der Waals surface area contributed by atoms with Gasteiger partial charge in [-0.15, -0.1) is 6.58 Å². The lowest BCUT2D eigenvalue weighted by Crippen LogP contribution is -2.44. The van der Waals surface area contributed by atoms with Gasteiger partial charge in [-0.05, 0) is 56.6 Å². The molecule has 1 aliphatic heterocycles. The third-order valence-electron chi connectivity index (χ3n) is 6.32. The number of benzene rings is 2. The van der Waals surface area contributed by atoms with Crippen LogP contribution in [-0.2, 0) is 19.4 Å². The van der Waals surface area contributed by atoms with Crippen LogP contribution >= 0.6 is 0 Å². The topological polar surface area (TPSA) is 33.5 Å². The number of para-hydroxylation sites is 3. The smallest absolute Gasteiger partial charge is 0.122 e. The molecule has 3 aromatic rings. The van der Waals surface area contributed by atoms with Crippen LogP contribution in [0.25, 0.3) is 11.0 Å². The number of aromatic nitrogens is 2. The van der Waals surface area contributed by atoms with Gasteiger partial charge in [-0.25, -0.2) is 4.98 Å². The van der Waals surface area contributed by atoms with Crippen LogP contribution in [0.5, 0.6) is 5.75 Å². The maximum atomic E-state index is 6.12. The summed E-state index contributed by atoms with van der Waals surface area (Å²) in [5.74, 6) is 2.17. The molecular formula is C27H36N4O. The van der Waals surface area contributed by atoms with E-state index in [1.54, 1.807) is 0 Å². The Kier molecular flexibility index (Phi) is 7.97. The van der Waals surface area contributed by atoms with Crippen LogP contribution in [0.2, 0.25) is 0 Å². The summed E-state index contributed by atoms with van der Waals surface area (Å²) >= 11 is 0. The predicted octanol–water partition coefficient (Wildman–Crippen LogP) is 4.41. The molecule has 32 heavy (non-hydrogen) atoms. The van der Waals surface area contributed by atoms with Gasteiger partial charge in [-0.2, -0.15) is 0 Å². The van der Waals surface area contributed by atoms with Crippen LogP contribution in [-0.4, -0.2) is 65.7 Å². The van der Waals surface area contributed by atoms with E-state index in [0.29, 0.717) is 6.61 Å². The molecule has 0 aliphatic carbocycles. The second kappa shape index (κ2) is 11.3. The van der Waals surface area contributed by atoms with E-state index in [-0.39, 0.29) is 0 Å². The molecule has 0 amide bonds. The van der Waals surface area contributed by atoms with Gasteiger partial charge in [-0.1, -0.05) is 36.4 Å². The zero-order valence-electron chi connectivity index (χ0n) is 19.4. The number of nitrogens with zero attached hydrogens (tertiary/aromatic N) is 4. The Balaban J connectivity index is 1.34. The number of likely N-dealkylation sites (N-methyl/N-ethyl adjacent to an activating group) is 1. The largest absolute Gasteiger partial charge is 0.493 e. The first-order valence-corrected chi connectivity index (χ1v) is 11.9. The Morgan fingerprint density at radius 1 is 0.969 bits per heavy atom. The van der Waals surface area contributed by atoms with Gasteiger partial charge in [0, 0.05) is 39.1 Å². The SMILES string of the molecule is C=CCc1ccccc1OCCCn1c(CCCN2CCN(C)CC2)nc2ccccc21. The highest BCUT2D eigenvalue weighted by Gasteiger charge is 2.15. The number of rotatable bonds is 11. The number of fused-ring (bicyclic) bond motifs is 1. The van der Waals surface area contributed by atoms with Gasteiger partial charge in [0.05, 0.1) is 17.6 Å². The molecule has 170 valence electrons. The van der Waals surface area contributed by atoms with E-state index in [1.165, 1.54) is 43.1 Å². The number of hydrogen-bond donors (Lipinski definition) is 0. The molecule has 0 radical (unpaired) electrons. The van der Waals surface area contributed by atoms with Crippen LogP contribution in [0.15, 0.2) is 61.2 Å². The molecule has 0 bridgehead atoms. The minimum absolute atomic E-state index is 0.696. The number of aryl methyl sites for hydroxylation is 2. The highest BCUT2D eigenvalue weighted by molar-refractivity contribution is 5.75. The van der Waals surface area contributed by atoms with Crippen molar-refractivity contribution in [3.63, 3.8) is 0 Å². The first kappa shape index (κ1) is 22.6. The van der Waals surface area contributed by atoms with E-state index >= 15 is 0 Å². The van der Waals surface area contributed by atoms with Crippen molar-refractivity contribution in [2.24, 2.45) is 0 Å². The lowest BCUT2D eigenvalue weighted by atomic mass is 10.1. The molecule has 2 heterocycles. The number of imidazole rings is 1. The van der Waals surface area contributed by atoms with Crippen LogP contribution < -0.4 is 4.74 Å². The van der Waals surface area contributed by atoms with Crippen LogP contribution in [0, 0.1) is 0 Å². The Morgan fingerprint density at radius 3 is 2.59 bits per heavy atom. The molecule has 1 saturated heterocycles. The molecule has 0 N–H and O–H groups in total. The molecule has 0 unspecified atom stereocenters. The lowest BCUT2D eigenvalue weighted by Gasteiger charge is -2.32. The highest BCUT2D eigenvalue weighted by Crippen LogP contribution is 2.20. The van der Waals surface area contributed by atoms with Gasteiger partial charge in [0.25, 0.3) is 0 Å². The van der Waals surface area contributed by atoms with Gasteiger partial charge in [0.15, 0.2) is 0 Å². The van der Waals surface area contributed by atoms with E-state index < -0.39 is 0 Å².